The number of aromatic nitrogens is 3. The number of aryl methyl sites for hydroxylation is 1. The molecule has 11 heteroatoms. The van der Waals surface area contributed by atoms with Crippen LogP contribution in [-0.2, 0) is 11.2 Å². The highest BCUT2D eigenvalue weighted by atomic mass is 19.1. The van der Waals surface area contributed by atoms with Gasteiger partial charge in [0.25, 0.3) is 0 Å². The largest absolute Gasteiger partial charge is 0.468 e. The second kappa shape index (κ2) is 11.3. The van der Waals surface area contributed by atoms with Gasteiger partial charge in [-0.3, -0.25) is 4.98 Å². The van der Waals surface area contributed by atoms with E-state index in [-0.39, 0.29) is 35.2 Å². The molecule has 0 amide bonds. The number of ether oxygens (including phenoxy) is 3. The zero-order valence-electron chi connectivity index (χ0n) is 26.2. The van der Waals surface area contributed by atoms with E-state index in [2.05, 4.69) is 21.9 Å². The van der Waals surface area contributed by atoms with E-state index in [9.17, 15) is 5.11 Å². The molecule has 1 N–H and O–H groups in total. The zero-order valence-corrected chi connectivity index (χ0v) is 26.2. The summed E-state index contributed by atoms with van der Waals surface area (Å²) in [5.41, 5.74) is 0.0989. The lowest BCUT2D eigenvalue weighted by atomic mass is 9.94. The average Bonchev–Trinajstić information content (AvgIpc) is 3.58. The van der Waals surface area contributed by atoms with Crippen molar-refractivity contribution in [1.82, 2.24) is 19.9 Å². The lowest BCUT2D eigenvalue weighted by Gasteiger charge is -2.37. The number of aliphatic hydroxyl groups is 1. The van der Waals surface area contributed by atoms with E-state index in [0.29, 0.717) is 77.3 Å². The number of benzene rings is 2. The van der Waals surface area contributed by atoms with Crippen molar-refractivity contribution in [3.8, 4) is 23.0 Å². The Kier molecular flexibility index (Phi) is 7.53. The standard InChI is InChI=1S/C34H39F2N5O4/c1-5-23-26(35)8-7-20-11-22(45-19-43-4)12-24(27(20)23)29-28(36)30-25(14-37-29)31(41-10-6-9-33(2,42)16-41)39-32(38-30)44-18-34-13-21(34)15-40(3)17-34/h7-8,11-12,14,21,42H,5-6,9-10,13,15-19H2,1-4H3/t21?,33-,34?/m1/s1. The van der Waals surface area contributed by atoms with E-state index in [0.717, 1.165) is 25.9 Å². The molecule has 4 heterocycles. The second-order valence-electron chi connectivity index (χ2n) is 13.3. The van der Waals surface area contributed by atoms with Crippen molar-refractivity contribution < 1.29 is 28.1 Å². The number of hydrogen-bond acceptors (Lipinski definition) is 9. The maximum absolute atomic E-state index is 16.9. The molecule has 2 aromatic carbocycles. The number of anilines is 1. The summed E-state index contributed by atoms with van der Waals surface area (Å²) in [5, 5.41) is 12.6. The van der Waals surface area contributed by atoms with Crippen molar-refractivity contribution in [1.29, 1.82) is 0 Å². The van der Waals surface area contributed by atoms with Crippen LogP contribution in [0.4, 0.5) is 14.6 Å². The van der Waals surface area contributed by atoms with Gasteiger partial charge in [0.2, 0.25) is 0 Å². The number of nitrogens with zero attached hydrogens (tertiary/aromatic N) is 5. The van der Waals surface area contributed by atoms with Crippen molar-refractivity contribution in [2.24, 2.45) is 11.3 Å². The maximum Gasteiger partial charge on any atom is 0.319 e. The van der Waals surface area contributed by atoms with E-state index >= 15 is 8.78 Å². The van der Waals surface area contributed by atoms with Crippen LogP contribution in [0.2, 0.25) is 0 Å². The van der Waals surface area contributed by atoms with Gasteiger partial charge in [0.15, 0.2) is 12.6 Å². The third kappa shape index (κ3) is 5.44. The van der Waals surface area contributed by atoms with Gasteiger partial charge >= 0.3 is 6.01 Å². The molecule has 0 radical (unpaired) electrons. The van der Waals surface area contributed by atoms with Crippen LogP contribution in [0.3, 0.4) is 0 Å². The maximum atomic E-state index is 16.9. The van der Waals surface area contributed by atoms with Gasteiger partial charge < -0.3 is 29.1 Å². The normalized spacial score (nSPS) is 24.8. The third-order valence-corrected chi connectivity index (χ3v) is 9.68. The minimum absolute atomic E-state index is 0.00452. The SMILES string of the molecule is CCc1c(F)ccc2cc(OCOC)cc(-c3ncc4c(N5CCC[C@@](C)(O)C5)nc(OCC56CC5CN(C)C6)nc4c3F)c12. The van der Waals surface area contributed by atoms with Crippen molar-refractivity contribution in [2.75, 3.05) is 58.6 Å². The fourth-order valence-corrected chi connectivity index (χ4v) is 7.44. The summed E-state index contributed by atoms with van der Waals surface area (Å²) in [6.45, 7) is 7.08. The average molecular weight is 620 g/mol. The van der Waals surface area contributed by atoms with Gasteiger partial charge in [-0.15, -0.1) is 0 Å². The number of pyridine rings is 1. The highest BCUT2D eigenvalue weighted by Crippen LogP contribution is 2.57. The quantitative estimate of drug-likeness (QED) is 0.249. The minimum Gasteiger partial charge on any atom is -0.468 e. The predicted molar refractivity (Wildman–Crippen MR) is 168 cm³/mol. The first-order valence-corrected chi connectivity index (χ1v) is 15.6. The molecule has 2 saturated heterocycles. The number of rotatable bonds is 9. The molecule has 2 aromatic heterocycles. The zero-order chi connectivity index (χ0) is 31.5. The van der Waals surface area contributed by atoms with Crippen molar-refractivity contribution >= 4 is 27.5 Å². The van der Waals surface area contributed by atoms with Crippen LogP contribution in [0.15, 0.2) is 30.5 Å². The van der Waals surface area contributed by atoms with E-state index in [1.807, 2.05) is 11.8 Å². The summed E-state index contributed by atoms with van der Waals surface area (Å²) in [7, 11) is 3.63. The molecule has 3 atom stereocenters. The molecular formula is C34H39F2N5O4. The number of piperidine rings is 2. The minimum atomic E-state index is -0.917. The number of halogens is 2. The second-order valence-corrected chi connectivity index (χ2v) is 13.3. The Hall–Kier alpha value is -3.67. The van der Waals surface area contributed by atoms with E-state index in [1.54, 1.807) is 31.3 Å². The number of likely N-dealkylation sites (tertiary alicyclic amines) is 1. The van der Waals surface area contributed by atoms with Gasteiger partial charge in [-0.1, -0.05) is 13.0 Å². The Balaban J connectivity index is 1.38. The van der Waals surface area contributed by atoms with Crippen LogP contribution in [0.25, 0.3) is 32.9 Å². The van der Waals surface area contributed by atoms with Crippen LogP contribution >= 0.6 is 0 Å². The molecular weight excluding hydrogens is 580 g/mol. The third-order valence-electron chi connectivity index (χ3n) is 9.68. The van der Waals surface area contributed by atoms with E-state index in [4.69, 9.17) is 19.2 Å². The Morgan fingerprint density at radius 1 is 1.13 bits per heavy atom. The molecule has 7 rings (SSSR count). The highest BCUT2D eigenvalue weighted by Gasteiger charge is 2.59. The Morgan fingerprint density at radius 2 is 1.98 bits per heavy atom. The fourth-order valence-electron chi connectivity index (χ4n) is 7.44. The van der Waals surface area contributed by atoms with Crippen LogP contribution < -0.4 is 14.4 Å². The molecule has 3 fully saturated rings. The summed E-state index contributed by atoms with van der Waals surface area (Å²) in [6.07, 6.45) is 4.48. The first-order valence-electron chi connectivity index (χ1n) is 15.6. The Labute approximate surface area is 261 Å². The molecule has 0 bridgehead atoms. The number of methoxy groups -OCH3 is 1. The lowest BCUT2D eigenvalue weighted by Crippen LogP contribution is -2.46. The Morgan fingerprint density at radius 3 is 2.71 bits per heavy atom. The molecule has 2 unspecified atom stereocenters. The molecule has 0 spiro atoms. The smallest absolute Gasteiger partial charge is 0.319 e. The molecule has 3 aliphatic rings. The van der Waals surface area contributed by atoms with Crippen LogP contribution in [0.5, 0.6) is 11.8 Å². The topological polar surface area (TPSA) is 93.1 Å². The van der Waals surface area contributed by atoms with Crippen LogP contribution in [0.1, 0.15) is 38.7 Å². The number of fused-ring (bicyclic) bond motifs is 3. The van der Waals surface area contributed by atoms with Gasteiger partial charge in [0.1, 0.15) is 28.6 Å². The van der Waals surface area contributed by atoms with Crippen LogP contribution in [-0.4, -0.2) is 84.3 Å². The molecule has 4 aromatic rings. The lowest BCUT2D eigenvalue weighted by molar-refractivity contribution is 0.0447. The van der Waals surface area contributed by atoms with Crippen molar-refractivity contribution in [3.05, 3.63) is 47.7 Å². The molecule has 1 saturated carbocycles. The summed E-state index contributed by atoms with van der Waals surface area (Å²) < 4.78 is 49.1. The highest BCUT2D eigenvalue weighted by molar-refractivity contribution is 6.01. The van der Waals surface area contributed by atoms with Crippen LogP contribution in [0, 0.1) is 23.0 Å². The molecule has 9 nitrogen and oxygen atoms in total. The van der Waals surface area contributed by atoms with Crippen molar-refractivity contribution in [2.45, 2.75) is 45.1 Å². The molecule has 45 heavy (non-hydrogen) atoms. The molecule has 1 aliphatic carbocycles. The molecule has 238 valence electrons. The van der Waals surface area contributed by atoms with Gasteiger partial charge in [-0.25, -0.2) is 8.78 Å². The van der Waals surface area contributed by atoms with Gasteiger partial charge in [0, 0.05) is 50.5 Å². The number of β-amino-alcohol motifs (C(OH)–C–C–N with tert-alkyl or cyclic N) is 1. The monoisotopic (exact) mass is 619 g/mol. The fraction of sp³-hybridized carbons (Fsp3) is 0.500. The Bertz CT molecular complexity index is 1790. The van der Waals surface area contributed by atoms with Crippen molar-refractivity contribution in [3.63, 3.8) is 0 Å². The van der Waals surface area contributed by atoms with E-state index < -0.39 is 11.4 Å². The summed E-state index contributed by atoms with van der Waals surface area (Å²) in [4.78, 5) is 18.3. The summed E-state index contributed by atoms with van der Waals surface area (Å²) in [6, 6.07) is 6.62. The van der Waals surface area contributed by atoms with Gasteiger partial charge in [0.05, 0.1) is 17.6 Å². The molecule has 2 aliphatic heterocycles. The van der Waals surface area contributed by atoms with E-state index in [1.165, 1.54) is 13.2 Å². The van der Waals surface area contributed by atoms with Gasteiger partial charge in [-0.05, 0) is 80.1 Å². The van der Waals surface area contributed by atoms with Gasteiger partial charge in [-0.2, -0.15) is 9.97 Å². The first kappa shape index (κ1) is 30.0. The number of hydrogen-bond donors (Lipinski definition) is 1. The summed E-state index contributed by atoms with van der Waals surface area (Å²) >= 11 is 0. The first-order chi connectivity index (χ1) is 21.6. The predicted octanol–water partition coefficient (Wildman–Crippen LogP) is 5.35. The summed E-state index contributed by atoms with van der Waals surface area (Å²) in [5.74, 6) is 0.469.